The molecule has 0 saturated carbocycles. The molecule has 156 valence electrons. The predicted octanol–water partition coefficient (Wildman–Crippen LogP) is 3.42. The summed E-state index contributed by atoms with van der Waals surface area (Å²) in [5, 5.41) is 15.3. The van der Waals surface area contributed by atoms with Gasteiger partial charge >= 0.3 is 0 Å². The van der Waals surface area contributed by atoms with E-state index < -0.39 is 15.9 Å². The molecule has 0 aliphatic carbocycles. The fraction of sp³-hybridized carbons (Fsp3) is 0.100. The molecule has 3 rings (SSSR count). The molecule has 0 radical (unpaired) electrons. The van der Waals surface area contributed by atoms with Gasteiger partial charge in [0.05, 0.1) is 24.1 Å². The maximum atomic E-state index is 12.5. The van der Waals surface area contributed by atoms with Gasteiger partial charge in [0.15, 0.2) is 11.5 Å². The van der Waals surface area contributed by atoms with E-state index in [0.29, 0.717) is 17.9 Å². The number of hydrogen-bond acceptors (Lipinski definition) is 7. The molecule has 8 nitrogen and oxygen atoms in total. The second-order valence-corrected chi connectivity index (χ2v) is 8.80. The number of benzene rings is 2. The zero-order valence-electron chi connectivity index (χ0n) is 15.9. The maximum absolute atomic E-state index is 12.5. The van der Waals surface area contributed by atoms with Crippen LogP contribution in [0.5, 0.6) is 11.5 Å². The first kappa shape index (κ1) is 21.3. The first-order valence-electron chi connectivity index (χ1n) is 8.85. The molecule has 2 aromatic carbocycles. The Morgan fingerprint density at radius 1 is 1.20 bits per heavy atom. The van der Waals surface area contributed by atoms with Gasteiger partial charge in [-0.25, -0.2) is 13.8 Å². The molecule has 0 unspecified atom stereocenters. The van der Waals surface area contributed by atoms with E-state index in [9.17, 15) is 18.3 Å². The van der Waals surface area contributed by atoms with Crippen LogP contribution in [0.1, 0.15) is 22.8 Å². The lowest BCUT2D eigenvalue weighted by Crippen LogP contribution is -2.21. The van der Waals surface area contributed by atoms with E-state index >= 15 is 0 Å². The highest BCUT2D eigenvalue weighted by atomic mass is 32.2. The molecule has 3 N–H and O–H groups in total. The van der Waals surface area contributed by atoms with Crippen LogP contribution in [0.25, 0.3) is 0 Å². The number of nitrogens with one attached hydrogen (secondary N) is 2. The van der Waals surface area contributed by atoms with Gasteiger partial charge in [-0.1, -0.05) is 18.2 Å². The quantitative estimate of drug-likeness (QED) is 0.363. The minimum absolute atomic E-state index is 0.00462. The largest absolute Gasteiger partial charge is 0.504 e. The summed E-state index contributed by atoms with van der Waals surface area (Å²) in [7, 11) is -3.79. The van der Waals surface area contributed by atoms with Crippen LogP contribution in [0.4, 0.5) is 5.69 Å². The Morgan fingerprint density at radius 3 is 2.73 bits per heavy atom. The number of carbonyl (C=O) groups excluding carboxylic acids is 1. The van der Waals surface area contributed by atoms with Crippen LogP contribution in [0, 0.1) is 0 Å². The molecule has 3 aromatic rings. The Balaban J connectivity index is 1.74. The molecule has 0 atom stereocenters. The van der Waals surface area contributed by atoms with Crippen molar-refractivity contribution in [3.8, 4) is 11.5 Å². The van der Waals surface area contributed by atoms with E-state index in [4.69, 9.17) is 4.74 Å². The van der Waals surface area contributed by atoms with Crippen LogP contribution >= 0.6 is 11.3 Å². The number of ether oxygens (including phenoxy) is 1. The summed E-state index contributed by atoms with van der Waals surface area (Å²) < 4.78 is 32.8. The zero-order valence-corrected chi connectivity index (χ0v) is 17.5. The normalized spacial score (nSPS) is 11.4. The van der Waals surface area contributed by atoms with Gasteiger partial charge in [0, 0.05) is 0 Å². The van der Waals surface area contributed by atoms with Crippen LogP contribution in [-0.4, -0.2) is 32.3 Å². The maximum Gasteiger partial charge on any atom is 0.273 e. The highest BCUT2D eigenvalue weighted by Crippen LogP contribution is 2.26. The number of para-hydroxylation sites is 1. The third kappa shape index (κ3) is 5.16. The van der Waals surface area contributed by atoms with Crippen molar-refractivity contribution in [2.45, 2.75) is 11.1 Å². The Kier molecular flexibility index (Phi) is 6.70. The summed E-state index contributed by atoms with van der Waals surface area (Å²) in [5.74, 6) is -0.273. The molecule has 0 fully saturated rings. The molecule has 1 heterocycles. The van der Waals surface area contributed by atoms with Crippen LogP contribution in [0.3, 0.4) is 0 Å². The number of anilines is 1. The SMILES string of the molecule is CCOc1cc(/C=N/NC(=O)c2ccccc2NS(=O)(=O)c2cccs2)ccc1O. The van der Waals surface area contributed by atoms with Gasteiger partial charge in [0.2, 0.25) is 0 Å². The van der Waals surface area contributed by atoms with Crippen LogP contribution in [-0.2, 0) is 10.0 Å². The summed E-state index contributed by atoms with van der Waals surface area (Å²) in [5.41, 5.74) is 3.23. The number of amides is 1. The van der Waals surface area contributed by atoms with Crippen molar-refractivity contribution in [1.29, 1.82) is 0 Å². The van der Waals surface area contributed by atoms with Gasteiger partial charge in [-0.2, -0.15) is 5.10 Å². The van der Waals surface area contributed by atoms with Gasteiger partial charge in [0.1, 0.15) is 4.21 Å². The number of sulfonamides is 1. The third-order valence-corrected chi connectivity index (χ3v) is 6.60. The number of thiophene rings is 1. The number of aromatic hydroxyl groups is 1. The number of hydrogen-bond donors (Lipinski definition) is 3. The Bertz CT molecular complexity index is 1160. The molecule has 0 aliphatic rings. The van der Waals surface area contributed by atoms with Gasteiger partial charge in [-0.3, -0.25) is 9.52 Å². The van der Waals surface area contributed by atoms with E-state index in [2.05, 4.69) is 15.2 Å². The van der Waals surface area contributed by atoms with E-state index in [1.165, 1.54) is 30.5 Å². The molecule has 10 heteroatoms. The lowest BCUT2D eigenvalue weighted by molar-refractivity contribution is 0.0956. The first-order valence-corrected chi connectivity index (χ1v) is 11.2. The summed E-state index contributed by atoms with van der Waals surface area (Å²) in [6, 6.07) is 14.0. The lowest BCUT2D eigenvalue weighted by Gasteiger charge is -2.10. The molecule has 1 amide bonds. The smallest absolute Gasteiger partial charge is 0.273 e. The van der Waals surface area contributed by atoms with E-state index in [1.54, 1.807) is 42.6 Å². The molecule has 30 heavy (non-hydrogen) atoms. The second-order valence-electron chi connectivity index (χ2n) is 5.94. The van der Waals surface area contributed by atoms with Gasteiger partial charge < -0.3 is 9.84 Å². The van der Waals surface area contributed by atoms with Crippen molar-refractivity contribution in [2.24, 2.45) is 5.10 Å². The summed E-state index contributed by atoms with van der Waals surface area (Å²) in [6.45, 7) is 2.19. The lowest BCUT2D eigenvalue weighted by atomic mass is 10.2. The Morgan fingerprint density at radius 2 is 2.00 bits per heavy atom. The zero-order chi connectivity index (χ0) is 21.6. The second kappa shape index (κ2) is 9.42. The van der Waals surface area contributed by atoms with Crippen LogP contribution in [0.15, 0.2) is 69.3 Å². The number of hydrazone groups is 1. The van der Waals surface area contributed by atoms with Crippen molar-refractivity contribution < 1.29 is 23.1 Å². The fourth-order valence-corrected chi connectivity index (χ4v) is 4.56. The Hall–Kier alpha value is -3.37. The van der Waals surface area contributed by atoms with Crippen molar-refractivity contribution in [2.75, 3.05) is 11.3 Å². The number of phenols is 1. The molecule has 0 aliphatic heterocycles. The third-order valence-electron chi connectivity index (χ3n) is 3.84. The Labute approximate surface area is 177 Å². The number of rotatable bonds is 8. The molecule has 0 saturated heterocycles. The predicted molar refractivity (Wildman–Crippen MR) is 116 cm³/mol. The topological polar surface area (TPSA) is 117 Å². The highest BCUT2D eigenvalue weighted by molar-refractivity contribution is 7.94. The average Bonchev–Trinajstić information content (AvgIpc) is 3.26. The number of carbonyl (C=O) groups is 1. The highest BCUT2D eigenvalue weighted by Gasteiger charge is 2.19. The average molecular weight is 446 g/mol. The fourth-order valence-electron chi connectivity index (χ4n) is 2.49. The first-order chi connectivity index (χ1) is 14.4. The molecule has 1 aromatic heterocycles. The summed E-state index contributed by atoms with van der Waals surface area (Å²) in [6.07, 6.45) is 1.39. The molecular weight excluding hydrogens is 426 g/mol. The summed E-state index contributed by atoms with van der Waals surface area (Å²) >= 11 is 1.08. The number of phenolic OH excluding ortho intramolecular Hbond substituents is 1. The van der Waals surface area contributed by atoms with E-state index in [1.807, 2.05) is 0 Å². The van der Waals surface area contributed by atoms with Crippen molar-refractivity contribution in [1.82, 2.24) is 5.43 Å². The standard InChI is InChI=1S/C20H19N3O5S2/c1-2-28-18-12-14(9-10-17(18)24)13-21-22-20(25)15-6-3-4-7-16(15)23-30(26,27)19-8-5-11-29-19/h3-13,23-24H,2H2,1H3,(H,22,25)/b21-13+. The minimum Gasteiger partial charge on any atom is -0.504 e. The molecule has 0 bridgehead atoms. The van der Waals surface area contributed by atoms with Crippen LogP contribution in [0.2, 0.25) is 0 Å². The molecular formula is C20H19N3O5S2. The monoisotopic (exact) mass is 445 g/mol. The molecule has 0 spiro atoms. The summed E-state index contributed by atoms with van der Waals surface area (Å²) in [4.78, 5) is 12.5. The van der Waals surface area contributed by atoms with E-state index in [0.717, 1.165) is 11.3 Å². The van der Waals surface area contributed by atoms with Gasteiger partial charge in [-0.15, -0.1) is 11.3 Å². The minimum atomic E-state index is -3.79. The number of nitrogens with zero attached hydrogens (tertiary/aromatic N) is 1. The van der Waals surface area contributed by atoms with Crippen molar-refractivity contribution >= 4 is 39.2 Å². The van der Waals surface area contributed by atoms with Crippen molar-refractivity contribution in [3.05, 3.63) is 71.1 Å². The van der Waals surface area contributed by atoms with Crippen molar-refractivity contribution in [3.63, 3.8) is 0 Å². The van der Waals surface area contributed by atoms with Gasteiger partial charge in [-0.05, 0) is 54.3 Å². The van der Waals surface area contributed by atoms with E-state index in [-0.39, 0.29) is 21.2 Å². The van der Waals surface area contributed by atoms with Crippen LogP contribution < -0.4 is 14.9 Å². The van der Waals surface area contributed by atoms with Gasteiger partial charge in [0.25, 0.3) is 15.9 Å².